The first-order valence-electron chi connectivity index (χ1n) is 4.88. The Morgan fingerprint density at radius 1 is 1.36 bits per heavy atom. The normalized spacial score (nSPS) is 27.6. The van der Waals surface area contributed by atoms with Crippen LogP contribution in [-0.4, -0.2) is 19.2 Å². The van der Waals surface area contributed by atoms with Gasteiger partial charge >= 0.3 is 0 Å². The van der Waals surface area contributed by atoms with Crippen molar-refractivity contribution in [2.75, 3.05) is 13.1 Å². The number of halogens is 1. The standard InChI is InChI=1S/C11H14ClNO/c1-8-6-13-7-11(14-8)9-4-2-3-5-10(9)12/h2-5,8,11,13H,6-7H2,1H3. The molecule has 0 radical (unpaired) electrons. The van der Waals surface area contributed by atoms with Gasteiger partial charge in [0.1, 0.15) is 0 Å². The van der Waals surface area contributed by atoms with Gasteiger partial charge in [0.2, 0.25) is 0 Å². The smallest absolute Gasteiger partial charge is 0.0967 e. The molecule has 0 bridgehead atoms. The van der Waals surface area contributed by atoms with Crippen LogP contribution in [0.1, 0.15) is 18.6 Å². The highest BCUT2D eigenvalue weighted by Gasteiger charge is 2.21. The van der Waals surface area contributed by atoms with E-state index in [-0.39, 0.29) is 12.2 Å². The number of nitrogens with one attached hydrogen (secondary N) is 1. The van der Waals surface area contributed by atoms with Crippen molar-refractivity contribution in [3.8, 4) is 0 Å². The van der Waals surface area contributed by atoms with Gasteiger partial charge in [0.05, 0.1) is 12.2 Å². The molecular formula is C11H14ClNO. The SMILES string of the molecule is CC1CNCC(c2ccccc2Cl)O1. The van der Waals surface area contributed by atoms with E-state index in [1.807, 2.05) is 24.3 Å². The molecule has 0 aromatic heterocycles. The fourth-order valence-corrected chi connectivity index (χ4v) is 1.97. The van der Waals surface area contributed by atoms with Gasteiger partial charge in [-0.15, -0.1) is 0 Å². The van der Waals surface area contributed by atoms with Crippen molar-refractivity contribution < 1.29 is 4.74 Å². The third-order valence-corrected chi connectivity index (χ3v) is 2.75. The van der Waals surface area contributed by atoms with Crippen LogP contribution in [0.5, 0.6) is 0 Å². The summed E-state index contributed by atoms with van der Waals surface area (Å²) in [6, 6.07) is 7.85. The van der Waals surface area contributed by atoms with Gasteiger partial charge in [-0.3, -0.25) is 0 Å². The first kappa shape index (κ1) is 9.97. The summed E-state index contributed by atoms with van der Waals surface area (Å²) in [5.41, 5.74) is 1.08. The van der Waals surface area contributed by atoms with Crippen molar-refractivity contribution in [1.82, 2.24) is 5.32 Å². The zero-order chi connectivity index (χ0) is 9.97. The van der Waals surface area contributed by atoms with E-state index in [2.05, 4.69) is 12.2 Å². The lowest BCUT2D eigenvalue weighted by Crippen LogP contribution is -2.38. The van der Waals surface area contributed by atoms with E-state index in [1.54, 1.807) is 0 Å². The van der Waals surface area contributed by atoms with Gasteiger partial charge in [0.25, 0.3) is 0 Å². The van der Waals surface area contributed by atoms with Crippen molar-refractivity contribution >= 4 is 11.6 Å². The van der Waals surface area contributed by atoms with Gasteiger partial charge in [-0.25, -0.2) is 0 Å². The Kier molecular flexibility index (Phi) is 3.06. The lowest BCUT2D eigenvalue weighted by Gasteiger charge is -2.29. The molecular weight excluding hydrogens is 198 g/mol. The van der Waals surface area contributed by atoms with Crippen LogP contribution < -0.4 is 5.32 Å². The van der Waals surface area contributed by atoms with Gasteiger partial charge in [0.15, 0.2) is 0 Å². The molecule has 76 valence electrons. The van der Waals surface area contributed by atoms with E-state index in [0.29, 0.717) is 0 Å². The average molecular weight is 212 g/mol. The van der Waals surface area contributed by atoms with Crippen LogP contribution in [0.25, 0.3) is 0 Å². The van der Waals surface area contributed by atoms with E-state index in [1.165, 1.54) is 0 Å². The van der Waals surface area contributed by atoms with E-state index in [0.717, 1.165) is 23.7 Å². The highest BCUT2D eigenvalue weighted by molar-refractivity contribution is 6.31. The summed E-state index contributed by atoms with van der Waals surface area (Å²) in [5, 5.41) is 4.11. The molecule has 1 heterocycles. The predicted molar refractivity (Wildman–Crippen MR) is 57.6 cm³/mol. The molecule has 0 spiro atoms. The minimum atomic E-state index is 0.0902. The monoisotopic (exact) mass is 211 g/mol. The zero-order valence-electron chi connectivity index (χ0n) is 8.16. The molecule has 0 aliphatic carbocycles. The minimum Gasteiger partial charge on any atom is -0.368 e. The molecule has 2 nitrogen and oxygen atoms in total. The number of morpholine rings is 1. The van der Waals surface area contributed by atoms with Crippen LogP contribution in [0.4, 0.5) is 0 Å². The minimum absolute atomic E-state index is 0.0902. The summed E-state index contributed by atoms with van der Waals surface area (Å²) in [6.45, 7) is 3.82. The van der Waals surface area contributed by atoms with Gasteiger partial charge in [-0.1, -0.05) is 29.8 Å². The number of benzene rings is 1. The topological polar surface area (TPSA) is 21.3 Å². The van der Waals surface area contributed by atoms with E-state index in [9.17, 15) is 0 Å². The van der Waals surface area contributed by atoms with Gasteiger partial charge in [-0.05, 0) is 13.0 Å². The van der Waals surface area contributed by atoms with Crippen LogP contribution in [0.2, 0.25) is 5.02 Å². The average Bonchev–Trinajstić information content (AvgIpc) is 2.18. The summed E-state index contributed by atoms with van der Waals surface area (Å²) in [5.74, 6) is 0. The Morgan fingerprint density at radius 3 is 2.86 bits per heavy atom. The molecule has 1 aliphatic rings. The maximum Gasteiger partial charge on any atom is 0.0967 e. The molecule has 1 N–H and O–H groups in total. The third-order valence-electron chi connectivity index (χ3n) is 2.41. The second kappa shape index (κ2) is 4.30. The summed E-state index contributed by atoms with van der Waals surface area (Å²) in [6.07, 6.45) is 0.345. The molecule has 0 amide bonds. The highest BCUT2D eigenvalue weighted by atomic mass is 35.5. The van der Waals surface area contributed by atoms with Crippen LogP contribution in [0.3, 0.4) is 0 Å². The molecule has 2 unspecified atom stereocenters. The maximum atomic E-state index is 6.10. The zero-order valence-corrected chi connectivity index (χ0v) is 8.92. The van der Waals surface area contributed by atoms with E-state index < -0.39 is 0 Å². The number of ether oxygens (including phenoxy) is 1. The van der Waals surface area contributed by atoms with Gasteiger partial charge in [-0.2, -0.15) is 0 Å². The molecule has 1 aromatic carbocycles. The second-order valence-corrected chi connectivity index (χ2v) is 4.02. The molecule has 1 saturated heterocycles. The molecule has 1 fully saturated rings. The molecule has 0 saturated carbocycles. The molecule has 1 aliphatic heterocycles. The highest BCUT2D eigenvalue weighted by Crippen LogP contribution is 2.27. The summed E-state index contributed by atoms with van der Waals surface area (Å²) >= 11 is 6.10. The van der Waals surface area contributed by atoms with Crippen molar-refractivity contribution in [1.29, 1.82) is 0 Å². The molecule has 14 heavy (non-hydrogen) atoms. The third kappa shape index (κ3) is 2.08. The first-order valence-corrected chi connectivity index (χ1v) is 5.26. The van der Waals surface area contributed by atoms with Crippen LogP contribution in [0.15, 0.2) is 24.3 Å². The molecule has 1 aromatic rings. The fraction of sp³-hybridized carbons (Fsp3) is 0.455. The Labute approximate surface area is 89.2 Å². The Balaban J connectivity index is 2.18. The van der Waals surface area contributed by atoms with Gasteiger partial charge < -0.3 is 10.1 Å². The lowest BCUT2D eigenvalue weighted by atomic mass is 10.1. The van der Waals surface area contributed by atoms with Crippen molar-refractivity contribution in [2.45, 2.75) is 19.1 Å². The largest absolute Gasteiger partial charge is 0.368 e. The van der Waals surface area contributed by atoms with Crippen LogP contribution in [-0.2, 0) is 4.74 Å². The number of hydrogen-bond acceptors (Lipinski definition) is 2. The summed E-state index contributed by atoms with van der Waals surface area (Å²) in [4.78, 5) is 0. The quantitative estimate of drug-likeness (QED) is 0.770. The molecule has 3 heteroatoms. The summed E-state index contributed by atoms with van der Waals surface area (Å²) < 4.78 is 5.81. The van der Waals surface area contributed by atoms with Crippen LogP contribution >= 0.6 is 11.6 Å². The number of hydrogen-bond donors (Lipinski definition) is 1. The van der Waals surface area contributed by atoms with Crippen LogP contribution in [0, 0.1) is 0 Å². The van der Waals surface area contributed by atoms with Crippen molar-refractivity contribution in [3.63, 3.8) is 0 Å². The van der Waals surface area contributed by atoms with E-state index >= 15 is 0 Å². The Bertz CT molecular complexity index is 316. The summed E-state index contributed by atoms with van der Waals surface area (Å²) in [7, 11) is 0. The Hall–Kier alpha value is -0.570. The van der Waals surface area contributed by atoms with Gasteiger partial charge in [0, 0.05) is 23.7 Å². The van der Waals surface area contributed by atoms with Crippen molar-refractivity contribution in [2.24, 2.45) is 0 Å². The Morgan fingerprint density at radius 2 is 2.14 bits per heavy atom. The fourth-order valence-electron chi connectivity index (χ4n) is 1.71. The number of rotatable bonds is 1. The molecule has 2 atom stereocenters. The van der Waals surface area contributed by atoms with E-state index in [4.69, 9.17) is 16.3 Å². The van der Waals surface area contributed by atoms with Crippen molar-refractivity contribution in [3.05, 3.63) is 34.9 Å². The predicted octanol–water partition coefficient (Wildman–Crippen LogP) is 2.39. The molecule has 2 rings (SSSR count). The first-order chi connectivity index (χ1) is 6.77. The lowest BCUT2D eigenvalue weighted by molar-refractivity contribution is -0.0286. The second-order valence-electron chi connectivity index (χ2n) is 3.62. The maximum absolute atomic E-state index is 6.10.